The molecule has 1 aliphatic heterocycles. The van der Waals surface area contributed by atoms with Crippen LogP contribution in [0, 0.1) is 10.1 Å². The number of amides is 2. The predicted octanol–water partition coefficient (Wildman–Crippen LogP) is 3.86. The van der Waals surface area contributed by atoms with Gasteiger partial charge in [-0.1, -0.05) is 42.5 Å². The Kier molecular flexibility index (Phi) is 6.03. The summed E-state index contributed by atoms with van der Waals surface area (Å²) in [6.45, 7) is 1.81. The molecule has 1 aromatic heterocycles. The summed E-state index contributed by atoms with van der Waals surface area (Å²) in [5, 5.41) is 14.4. The molecule has 2 aromatic carbocycles. The highest BCUT2D eigenvalue weighted by Crippen LogP contribution is 2.32. The number of nitro groups is 1. The van der Waals surface area contributed by atoms with E-state index in [1.807, 2.05) is 19.1 Å². The zero-order valence-corrected chi connectivity index (χ0v) is 18.3. The number of hydrogen-bond acceptors (Lipinski definition) is 6. The molecule has 2 heterocycles. The molecule has 1 unspecified atom stereocenters. The number of rotatable bonds is 5. The number of aromatic nitrogens is 1. The first-order valence-corrected chi connectivity index (χ1v) is 10.5. The summed E-state index contributed by atoms with van der Waals surface area (Å²) in [4.78, 5) is 44.4. The van der Waals surface area contributed by atoms with Gasteiger partial charge < -0.3 is 15.1 Å². The van der Waals surface area contributed by atoms with Gasteiger partial charge in [-0.3, -0.25) is 19.7 Å². The van der Waals surface area contributed by atoms with Gasteiger partial charge in [0.1, 0.15) is 5.82 Å². The Morgan fingerprint density at radius 2 is 1.85 bits per heavy atom. The van der Waals surface area contributed by atoms with E-state index in [1.165, 1.54) is 12.1 Å². The van der Waals surface area contributed by atoms with Crippen molar-refractivity contribution in [1.82, 2.24) is 4.98 Å². The van der Waals surface area contributed by atoms with E-state index in [4.69, 9.17) is 0 Å². The number of hydrogen-bond donors (Lipinski definition) is 1. The Hall–Kier alpha value is -4.27. The Morgan fingerprint density at radius 1 is 1.15 bits per heavy atom. The third-order valence-electron chi connectivity index (χ3n) is 5.49. The largest absolute Gasteiger partial charge is 0.350 e. The molecule has 0 spiro atoms. The normalized spacial score (nSPS) is 15.3. The maximum atomic E-state index is 13.4. The molecule has 0 saturated heterocycles. The van der Waals surface area contributed by atoms with Gasteiger partial charge in [0.25, 0.3) is 5.69 Å². The van der Waals surface area contributed by atoms with Crippen molar-refractivity contribution < 1.29 is 14.5 Å². The highest BCUT2D eigenvalue weighted by molar-refractivity contribution is 6.05. The second-order valence-corrected chi connectivity index (χ2v) is 7.90. The fourth-order valence-corrected chi connectivity index (χ4v) is 3.94. The molecule has 33 heavy (non-hydrogen) atoms. The van der Waals surface area contributed by atoms with Crippen LogP contribution >= 0.6 is 0 Å². The van der Waals surface area contributed by atoms with Gasteiger partial charge in [-0.15, -0.1) is 0 Å². The first-order valence-electron chi connectivity index (χ1n) is 10.5. The summed E-state index contributed by atoms with van der Waals surface area (Å²) >= 11 is 0. The van der Waals surface area contributed by atoms with Gasteiger partial charge in [0.05, 0.1) is 22.8 Å². The molecule has 0 aliphatic carbocycles. The van der Waals surface area contributed by atoms with Crippen LogP contribution in [0.15, 0.2) is 66.7 Å². The molecule has 2 amide bonds. The lowest BCUT2D eigenvalue weighted by Gasteiger charge is -2.30. The van der Waals surface area contributed by atoms with Crippen molar-refractivity contribution in [3.63, 3.8) is 0 Å². The van der Waals surface area contributed by atoms with E-state index in [0.29, 0.717) is 22.8 Å². The van der Waals surface area contributed by atoms with Crippen molar-refractivity contribution in [3.8, 4) is 11.3 Å². The van der Waals surface area contributed by atoms with E-state index in [0.717, 1.165) is 0 Å². The summed E-state index contributed by atoms with van der Waals surface area (Å²) in [6, 6.07) is 18.7. The lowest BCUT2D eigenvalue weighted by atomic mass is 10.1. The minimum atomic E-state index is -0.468. The van der Waals surface area contributed by atoms with Crippen LogP contribution in [0.25, 0.3) is 11.3 Å². The van der Waals surface area contributed by atoms with Crippen LogP contribution in [0.4, 0.5) is 22.9 Å². The van der Waals surface area contributed by atoms with Crippen LogP contribution in [0.1, 0.15) is 13.3 Å². The third kappa shape index (κ3) is 4.52. The number of carbonyl (C=O) groups excluding carboxylic acids is 2. The summed E-state index contributed by atoms with van der Waals surface area (Å²) < 4.78 is 0. The molecule has 1 aliphatic rings. The number of fused-ring (bicyclic) bond motifs is 1. The van der Waals surface area contributed by atoms with E-state index < -0.39 is 4.92 Å². The molecule has 0 bridgehead atoms. The zero-order chi connectivity index (χ0) is 23.5. The lowest BCUT2D eigenvalue weighted by Crippen LogP contribution is -2.44. The van der Waals surface area contributed by atoms with E-state index >= 15 is 0 Å². The Bertz CT molecular complexity index is 1210. The van der Waals surface area contributed by atoms with Crippen LogP contribution < -0.4 is 15.1 Å². The minimum Gasteiger partial charge on any atom is -0.350 e. The van der Waals surface area contributed by atoms with Crippen molar-refractivity contribution in [3.05, 3.63) is 76.8 Å². The molecule has 0 fully saturated rings. The van der Waals surface area contributed by atoms with Crippen molar-refractivity contribution in [2.45, 2.75) is 19.4 Å². The average molecular weight is 445 g/mol. The maximum Gasteiger partial charge on any atom is 0.295 e. The first-order chi connectivity index (χ1) is 15.8. The van der Waals surface area contributed by atoms with Gasteiger partial charge in [-0.05, 0) is 25.1 Å². The minimum absolute atomic E-state index is 0.0219. The fraction of sp³-hybridized carbons (Fsp3) is 0.208. The highest BCUT2D eigenvalue weighted by atomic mass is 16.6. The number of nitrogens with zero attached hydrogens (tertiary/aromatic N) is 4. The number of carbonyl (C=O) groups is 2. The molecule has 0 radical (unpaired) electrons. The van der Waals surface area contributed by atoms with Gasteiger partial charge in [0.15, 0.2) is 5.69 Å². The number of para-hydroxylation sites is 2. The predicted molar refractivity (Wildman–Crippen MR) is 126 cm³/mol. The Morgan fingerprint density at radius 3 is 2.58 bits per heavy atom. The third-order valence-corrected chi connectivity index (χ3v) is 5.49. The summed E-state index contributed by atoms with van der Waals surface area (Å²) in [7, 11) is 1.71. The maximum absolute atomic E-state index is 13.4. The Labute approximate surface area is 190 Å². The fourth-order valence-electron chi connectivity index (χ4n) is 3.94. The van der Waals surface area contributed by atoms with Gasteiger partial charge in [-0.2, -0.15) is 0 Å². The average Bonchev–Trinajstić information content (AvgIpc) is 2.93. The van der Waals surface area contributed by atoms with Gasteiger partial charge in [-0.25, -0.2) is 4.98 Å². The van der Waals surface area contributed by atoms with Crippen LogP contribution in [0.3, 0.4) is 0 Å². The molecule has 1 N–H and O–H groups in total. The summed E-state index contributed by atoms with van der Waals surface area (Å²) in [5.41, 5.74) is 1.97. The quantitative estimate of drug-likeness (QED) is 0.472. The van der Waals surface area contributed by atoms with Crippen LogP contribution in [0.5, 0.6) is 0 Å². The summed E-state index contributed by atoms with van der Waals surface area (Å²) in [6.07, 6.45) is 0.179. The number of anilines is 3. The Balaban J connectivity index is 1.63. The highest BCUT2D eigenvalue weighted by Gasteiger charge is 2.30. The number of benzene rings is 2. The van der Waals surface area contributed by atoms with E-state index in [2.05, 4.69) is 10.3 Å². The molecule has 4 rings (SSSR count). The van der Waals surface area contributed by atoms with Crippen LogP contribution in [0.2, 0.25) is 0 Å². The molecular formula is C24H23N5O4. The second-order valence-electron chi connectivity index (χ2n) is 7.90. The van der Waals surface area contributed by atoms with E-state index in [1.54, 1.807) is 59.3 Å². The van der Waals surface area contributed by atoms with E-state index in [-0.39, 0.29) is 42.2 Å². The van der Waals surface area contributed by atoms with Crippen LogP contribution in [-0.4, -0.2) is 41.4 Å². The van der Waals surface area contributed by atoms with Crippen LogP contribution in [-0.2, 0) is 9.59 Å². The van der Waals surface area contributed by atoms with Crippen molar-refractivity contribution in [2.24, 2.45) is 0 Å². The van der Waals surface area contributed by atoms with Crippen molar-refractivity contribution in [1.29, 1.82) is 0 Å². The molecule has 9 nitrogen and oxygen atoms in total. The smallest absolute Gasteiger partial charge is 0.295 e. The monoisotopic (exact) mass is 445 g/mol. The van der Waals surface area contributed by atoms with Gasteiger partial charge in [0.2, 0.25) is 11.8 Å². The number of pyridine rings is 1. The van der Waals surface area contributed by atoms with Gasteiger partial charge >= 0.3 is 0 Å². The molecular weight excluding hydrogens is 422 g/mol. The number of likely N-dealkylation sites (N-methyl/N-ethyl adjacent to an activating group) is 1. The molecule has 9 heteroatoms. The van der Waals surface area contributed by atoms with E-state index in [9.17, 15) is 19.7 Å². The first kappa shape index (κ1) is 21.9. The molecule has 168 valence electrons. The molecule has 1 atom stereocenters. The van der Waals surface area contributed by atoms with Crippen molar-refractivity contribution >= 4 is 34.7 Å². The summed E-state index contributed by atoms with van der Waals surface area (Å²) in [5.74, 6) is 0.0660. The topological polar surface area (TPSA) is 109 Å². The lowest BCUT2D eigenvalue weighted by molar-refractivity contribution is -0.384. The molecule has 0 saturated carbocycles. The number of nitrogens with one attached hydrogen (secondary N) is 1. The van der Waals surface area contributed by atoms with Gasteiger partial charge in [0, 0.05) is 31.1 Å². The molecule has 3 aromatic rings. The SMILES string of the molecule is CC1CC(=O)Nc2ccccc2N1C(=O)CN(C)c1ccc([N+](=O)[O-])c(-c2ccccc2)n1. The second kappa shape index (κ2) is 9.07. The zero-order valence-electron chi connectivity index (χ0n) is 18.3. The van der Waals surface area contributed by atoms with Crippen molar-refractivity contribution in [2.75, 3.05) is 28.7 Å². The standard InChI is InChI=1S/C24H23N5O4/c1-16-14-22(30)25-18-10-6-7-11-19(18)28(16)23(31)15-27(2)21-13-12-20(29(32)33)24(26-21)17-8-4-3-5-9-17/h3-13,16H,14-15H2,1-2H3,(H,25,30).